The molecule has 0 unspecified atom stereocenters. The van der Waals surface area contributed by atoms with Crippen molar-refractivity contribution in [1.82, 2.24) is 4.90 Å². The van der Waals surface area contributed by atoms with E-state index in [1.807, 2.05) is 30.3 Å². The molecule has 0 atom stereocenters. The highest BCUT2D eigenvalue weighted by Crippen LogP contribution is 2.15. The van der Waals surface area contributed by atoms with Crippen molar-refractivity contribution in [3.05, 3.63) is 30.3 Å². The second-order valence-electron chi connectivity index (χ2n) is 4.27. The Morgan fingerprint density at radius 3 is 2.22 bits per heavy atom. The monoisotopic (exact) mass is 248 g/mol. The summed E-state index contributed by atoms with van der Waals surface area (Å²) in [6, 6.07) is 10.0. The summed E-state index contributed by atoms with van der Waals surface area (Å²) in [5.74, 6) is -1.36. The molecular weight excluding hydrogens is 232 g/mol. The lowest BCUT2D eigenvalue weighted by molar-refractivity contribution is -0.144. The zero-order valence-corrected chi connectivity index (χ0v) is 10.1. The number of nitrogens with zero attached hydrogens (tertiary/aromatic N) is 2. The number of carbonyl (C=O) groups excluding carboxylic acids is 1. The fourth-order valence-corrected chi connectivity index (χ4v) is 2.09. The molecule has 1 fully saturated rings. The van der Waals surface area contributed by atoms with Crippen molar-refractivity contribution in [2.75, 3.05) is 31.1 Å². The van der Waals surface area contributed by atoms with Gasteiger partial charge in [-0.25, -0.2) is 0 Å². The largest absolute Gasteiger partial charge is 0.481 e. The average Bonchev–Trinajstić information content (AvgIpc) is 2.39. The van der Waals surface area contributed by atoms with Gasteiger partial charge >= 0.3 is 5.97 Å². The molecule has 0 spiro atoms. The van der Waals surface area contributed by atoms with Gasteiger partial charge in [0, 0.05) is 31.9 Å². The molecular formula is C13H16N2O3. The lowest BCUT2D eigenvalue weighted by Crippen LogP contribution is -2.49. The van der Waals surface area contributed by atoms with E-state index in [4.69, 9.17) is 5.11 Å². The number of piperazine rings is 1. The zero-order chi connectivity index (χ0) is 13.0. The van der Waals surface area contributed by atoms with Gasteiger partial charge in [-0.3, -0.25) is 9.59 Å². The summed E-state index contributed by atoms with van der Waals surface area (Å²) < 4.78 is 0. The van der Waals surface area contributed by atoms with Gasteiger partial charge in [0.1, 0.15) is 6.42 Å². The molecule has 96 valence electrons. The highest BCUT2D eigenvalue weighted by Gasteiger charge is 2.22. The highest BCUT2D eigenvalue weighted by atomic mass is 16.4. The van der Waals surface area contributed by atoms with Crippen LogP contribution in [0.5, 0.6) is 0 Å². The fourth-order valence-electron chi connectivity index (χ4n) is 2.09. The summed E-state index contributed by atoms with van der Waals surface area (Å²) in [7, 11) is 0. The minimum Gasteiger partial charge on any atom is -0.481 e. The van der Waals surface area contributed by atoms with Crippen LogP contribution in [-0.2, 0) is 9.59 Å². The minimum absolute atomic E-state index is 0.296. The maximum Gasteiger partial charge on any atom is 0.312 e. The van der Waals surface area contributed by atoms with E-state index in [1.54, 1.807) is 4.90 Å². The van der Waals surface area contributed by atoms with Crippen LogP contribution < -0.4 is 4.90 Å². The van der Waals surface area contributed by atoms with Crippen molar-refractivity contribution in [3.8, 4) is 0 Å². The number of rotatable bonds is 3. The van der Waals surface area contributed by atoms with Crippen molar-refractivity contribution in [2.45, 2.75) is 6.42 Å². The van der Waals surface area contributed by atoms with Crippen LogP contribution in [0.15, 0.2) is 30.3 Å². The van der Waals surface area contributed by atoms with E-state index < -0.39 is 12.4 Å². The topological polar surface area (TPSA) is 60.9 Å². The van der Waals surface area contributed by atoms with Gasteiger partial charge in [-0.2, -0.15) is 0 Å². The molecule has 0 aliphatic carbocycles. The third kappa shape index (κ3) is 3.00. The first-order valence-electron chi connectivity index (χ1n) is 5.96. The molecule has 1 heterocycles. The van der Waals surface area contributed by atoms with E-state index in [2.05, 4.69) is 4.90 Å². The van der Waals surface area contributed by atoms with Gasteiger partial charge < -0.3 is 14.9 Å². The summed E-state index contributed by atoms with van der Waals surface area (Å²) in [4.78, 5) is 25.9. The van der Waals surface area contributed by atoms with E-state index in [0.29, 0.717) is 13.1 Å². The minimum atomic E-state index is -1.06. The van der Waals surface area contributed by atoms with Crippen molar-refractivity contribution in [2.24, 2.45) is 0 Å². The SMILES string of the molecule is O=C(O)CC(=O)N1CCN(c2ccccc2)CC1. The number of anilines is 1. The Hall–Kier alpha value is -2.04. The number of para-hydroxylation sites is 1. The van der Waals surface area contributed by atoms with Crippen molar-refractivity contribution < 1.29 is 14.7 Å². The number of carboxylic acids is 1. The Balaban J connectivity index is 1.88. The molecule has 1 aromatic carbocycles. The van der Waals surface area contributed by atoms with Crippen LogP contribution in [0, 0.1) is 0 Å². The smallest absolute Gasteiger partial charge is 0.312 e. The van der Waals surface area contributed by atoms with Gasteiger partial charge in [0.2, 0.25) is 5.91 Å². The second-order valence-corrected chi connectivity index (χ2v) is 4.27. The molecule has 5 nitrogen and oxygen atoms in total. The Kier molecular flexibility index (Phi) is 3.82. The molecule has 2 rings (SSSR count). The summed E-state index contributed by atoms with van der Waals surface area (Å²) in [5, 5.41) is 8.59. The third-order valence-corrected chi connectivity index (χ3v) is 3.06. The molecule has 5 heteroatoms. The summed E-state index contributed by atoms with van der Waals surface area (Å²) >= 11 is 0. The molecule has 1 aliphatic rings. The predicted molar refractivity (Wildman–Crippen MR) is 67.5 cm³/mol. The number of carbonyl (C=O) groups is 2. The van der Waals surface area contributed by atoms with Gasteiger partial charge in [-0.05, 0) is 12.1 Å². The van der Waals surface area contributed by atoms with E-state index in [0.717, 1.165) is 18.8 Å². The molecule has 0 radical (unpaired) electrons. The van der Waals surface area contributed by atoms with Gasteiger partial charge in [0.05, 0.1) is 0 Å². The molecule has 1 saturated heterocycles. The Bertz CT molecular complexity index is 425. The average molecular weight is 248 g/mol. The first-order chi connectivity index (χ1) is 8.66. The van der Waals surface area contributed by atoms with Crippen LogP contribution in [0.3, 0.4) is 0 Å². The van der Waals surface area contributed by atoms with Crippen LogP contribution in [-0.4, -0.2) is 48.1 Å². The molecule has 0 bridgehead atoms. The lowest BCUT2D eigenvalue weighted by atomic mass is 10.2. The van der Waals surface area contributed by atoms with Crippen LogP contribution in [0.25, 0.3) is 0 Å². The van der Waals surface area contributed by atoms with E-state index in [-0.39, 0.29) is 5.91 Å². The van der Waals surface area contributed by atoms with Gasteiger partial charge in [0.15, 0.2) is 0 Å². The number of aliphatic carboxylic acids is 1. The van der Waals surface area contributed by atoms with Crippen molar-refractivity contribution >= 4 is 17.6 Å². The summed E-state index contributed by atoms with van der Waals surface area (Å²) in [5.41, 5.74) is 1.14. The molecule has 0 aromatic heterocycles. The van der Waals surface area contributed by atoms with E-state index in [9.17, 15) is 9.59 Å². The zero-order valence-electron chi connectivity index (χ0n) is 10.1. The Morgan fingerprint density at radius 2 is 1.67 bits per heavy atom. The molecule has 18 heavy (non-hydrogen) atoms. The molecule has 1 amide bonds. The number of hydrogen-bond donors (Lipinski definition) is 1. The van der Waals surface area contributed by atoms with Crippen LogP contribution in [0.2, 0.25) is 0 Å². The number of carboxylic acid groups (broad SMARTS) is 1. The number of amides is 1. The highest BCUT2D eigenvalue weighted by molar-refractivity contribution is 5.93. The van der Waals surface area contributed by atoms with Gasteiger partial charge in [-0.1, -0.05) is 18.2 Å². The number of benzene rings is 1. The predicted octanol–water partition coefficient (Wildman–Crippen LogP) is 0.810. The Labute approximate surface area is 106 Å². The number of hydrogen-bond acceptors (Lipinski definition) is 3. The maximum atomic E-state index is 11.6. The third-order valence-electron chi connectivity index (χ3n) is 3.06. The maximum absolute atomic E-state index is 11.6. The molecule has 1 N–H and O–H groups in total. The molecule has 0 saturated carbocycles. The quantitative estimate of drug-likeness (QED) is 0.804. The second kappa shape index (κ2) is 5.53. The van der Waals surface area contributed by atoms with Gasteiger partial charge in [0.25, 0.3) is 0 Å². The Morgan fingerprint density at radius 1 is 1.06 bits per heavy atom. The molecule has 1 aromatic rings. The molecule has 1 aliphatic heterocycles. The van der Waals surface area contributed by atoms with Gasteiger partial charge in [-0.15, -0.1) is 0 Å². The van der Waals surface area contributed by atoms with E-state index in [1.165, 1.54) is 0 Å². The standard InChI is InChI=1S/C13H16N2O3/c16-12(10-13(17)18)15-8-6-14(7-9-15)11-4-2-1-3-5-11/h1-5H,6-10H2,(H,17,18). The van der Waals surface area contributed by atoms with Crippen molar-refractivity contribution in [3.63, 3.8) is 0 Å². The van der Waals surface area contributed by atoms with Crippen LogP contribution in [0.4, 0.5) is 5.69 Å². The van der Waals surface area contributed by atoms with Crippen LogP contribution in [0.1, 0.15) is 6.42 Å². The lowest BCUT2D eigenvalue weighted by Gasteiger charge is -2.36. The van der Waals surface area contributed by atoms with Crippen LogP contribution >= 0.6 is 0 Å². The van der Waals surface area contributed by atoms with Crippen molar-refractivity contribution in [1.29, 1.82) is 0 Å². The first-order valence-corrected chi connectivity index (χ1v) is 5.96. The summed E-state index contributed by atoms with van der Waals surface area (Å²) in [6.45, 7) is 2.66. The normalized spacial score (nSPS) is 15.6. The van der Waals surface area contributed by atoms with E-state index >= 15 is 0 Å². The fraction of sp³-hybridized carbons (Fsp3) is 0.385. The summed E-state index contributed by atoms with van der Waals surface area (Å²) in [6.07, 6.45) is -0.411. The first kappa shape index (κ1) is 12.4.